The van der Waals surface area contributed by atoms with E-state index in [1.807, 2.05) is 17.9 Å². The summed E-state index contributed by atoms with van der Waals surface area (Å²) >= 11 is 0. The van der Waals surface area contributed by atoms with E-state index in [-0.39, 0.29) is 17.6 Å². The number of rotatable bonds is 4. The monoisotopic (exact) mass is 300 g/mol. The van der Waals surface area contributed by atoms with Crippen LogP contribution in [0.15, 0.2) is 18.2 Å². The first kappa shape index (κ1) is 15.3. The lowest BCUT2D eigenvalue weighted by molar-refractivity contribution is 0.456. The summed E-state index contributed by atoms with van der Waals surface area (Å²) in [4.78, 5) is 1.99. The maximum atomic E-state index is 13.8. The Hall–Kier alpha value is -1.14. The molecular weight excluding hydrogens is 279 g/mol. The van der Waals surface area contributed by atoms with Gasteiger partial charge in [-0.15, -0.1) is 0 Å². The average Bonchev–Trinajstić information content (AvgIpc) is 2.42. The predicted octanol–water partition coefficient (Wildman–Crippen LogP) is 2.04. The first-order chi connectivity index (χ1) is 9.41. The molecule has 0 atom stereocenters. The minimum atomic E-state index is -3.16. The smallest absolute Gasteiger partial charge is 0.211 e. The van der Waals surface area contributed by atoms with Crippen LogP contribution in [0.3, 0.4) is 0 Å². The van der Waals surface area contributed by atoms with Gasteiger partial charge in [0.2, 0.25) is 10.0 Å². The van der Waals surface area contributed by atoms with E-state index < -0.39 is 10.0 Å². The summed E-state index contributed by atoms with van der Waals surface area (Å²) in [5.41, 5.74) is 1.64. The van der Waals surface area contributed by atoms with Gasteiger partial charge in [0.25, 0.3) is 0 Å². The molecule has 0 bridgehead atoms. The van der Waals surface area contributed by atoms with Crippen molar-refractivity contribution in [1.29, 1.82) is 0 Å². The van der Waals surface area contributed by atoms with Crippen molar-refractivity contribution in [2.24, 2.45) is 0 Å². The second-order valence-corrected chi connectivity index (χ2v) is 7.28. The minimum Gasteiger partial charge on any atom is -0.369 e. The summed E-state index contributed by atoms with van der Waals surface area (Å²) in [5.74, 6) is -0.122. The van der Waals surface area contributed by atoms with E-state index in [9.17, 15) is 12.8 Å². The zero-order valence-electron chi connectivity index (χ0n) is 11.9. The third kappa shape index (κ3) is 3.70. The fraction of sp³-hybridized carbons (Fsp3) is 0.571. The number of piperidine rings is 1. The summed E-state index contributed by atoms with van der Waals surface area (Å²) < 4.78 is 39.6. The number of aryl methyl sites for hydroxylation is 1. The van der Waals surface area contributed by atoms with Crippen molar-refractivity contribution in [1.82, 2.24) is 4.72 Å². The summed E-state index contributed by atoms with van der Waals surface area (Å²) in [5, 5.41) is 0. The topological polar surface area (TPSA) is 49.4 Å². The van der Waals surface area contributed by atoms with Gasteiger partial charge < -0.3 is 4.90 Å². The van der Waals surface area contributed by atoms with E-state index in [1.54, 1.807) is 13.0 Å². The highest BCUT2D eigenvalue weighted by Crippen LogP contribution is 2.24. The third-order valence-corrected chi connectivity index (χ3v) is 5.12. The van der Waals surface area contributed by atoms with Gasteiger partial charge in [0.05, 0.1) is 11.4 Å². The highest BCUT2D eigenvalue weighted by molar-refractivity contribution is 7.89. The van der Waals surface area contributed by atoms with Gasteiger partial charge in [-0.05, 0) is 44.4 Å². The van der Waals surface area contributed by atoms with Gasteiger partial charge in [0, 0.05) is 19.1 Å². The molecule has 0 unspecified atom stereocenters. The molecule has 0 saturated carbocycles. The maximum Gasteiger partial charge on any atom is 0.211 e. The second-order valence-electron chi connectivity index (χ2n) is 5.24. The molecular formula is C14H21FN2O2S. The van der Waals surface area contributed by atoms with E-state index in [0.717, 1.165) is 5.56 Å². The van der Waals surface area contributed by atoms with Gasteiger partial charge in [-0.2, -0.15) is 0 Å². The van der Waals surface area contributed by atoms with Gasteiger partial charge in [-0.3, -0.25) is 0 Å². The second kappa shape index (κ2) is 6.10. The van der Waals surface area contributed by atoms with Crippen LogP contribution in [0.2, 0.25) is 0 Å². The Morgan fingerprint density at radius 3 is 2.60 bits per heavy atom. The van der Waals surface area contributed by atoms with Crippen molar-refractivity contribution in [3.8, 4) is 0 Å². The number of hydrogen-bond donors (Lipinski definition) is 1. The van der Waals surface area contributed by atoms with Gasteiger partial charge in [-0.25, -0.2) is 17.5 Å². The molecule has 20 heavy (non-hydrogen) atoms. The SMILES string of the molecule is CCS(=O)(=O)NC1CCN(c2cc(C)ccc2F)CC1. The molecule has 1 aliphatic rings. The summed E-state index contributed by atoms with van der Waals surface area (Å²) in [7, 11) is -3.16. The maximum absolute atomic E-state index is 13.8. The molecule has 1 heterocycles. The van der Waals surface area contributed by atoms with Crippen LogP contribution in [0, 0.1) is 12.7 Å². The van der Waals surface area contributed by atoms with Crippen molar-refractivity contribution < 1.29 is 12.8 Å². The van der Waals surface area contributed by atoms with E-state index in [0.29, 0.717) is 31.6 Å². The molecule has 6 heteroatoms. The molecule has 0 amide bonds. The van der Waals surface area contributed by atoms with Gasteiger partial charge in [0.1, 0.15) is 5.82 Å². The fourth-order valence-corrected chi connectivity index (χ4v) is 3.35. The molecule has 4 nitrogen and oxygen atoms in total. The van der Waals surface area contributed by atoms with E-state index in [4.69, 9.17) is 0 Å². The molecule has 1 aromatic carbocycles. The highest BCUT2D eigenvalue weighted by Gasteiger charge is 2.24. The lowest BCUT2D eigenvalue weighted by Gasteiger charge is -2.34. The van der Waals surface area contributed by atoms with Crippen LogP contribution in [0.5, 0.6) is 0 Å². The van der Waals surface area contributed by atoms with Crippen molar-refractivity contribution in [2.75, 3.05) is 23.7 Å². The van der Waals surface area contributed by atoms with Crippen LogP contribution in [0.4, 0.5) is 10.1 Å². The third-order valence-electron chi connectivity index (χ3n) is 3.66. The van der Waals surface area contributed by atoms with Crippen molar-refractivity contribution >= 4 is 15.7 Å². The number of benzene rings is 1. The van der Waals surface area contributed by atoms with Crippen LogP contribution < -0.4 is 9.62 Å². The quantitative estimate of drug-likeness (QED) is 0.926. The zero-order valence-corrected chi connectivity index (χ0v) is 12.7. The largest absolute Gasteiger partial charge is 0.369 e. The number of anilines is 1. The van der Waals surface area contributed by atoms with Crippen LogP contribution in [-0.2, 0) is 10.0 Å². The minimum absolute atomic E-state index is 0.0379. The number of sulfonamides is 1. The first-order valence-corrected chi connectivity index (χ1v) is 8.57. The fourth-order valence-electron chi connectivity index (χ4n) is 2.44. The summed E-state index contributed by atoms with van der Waals surface area (Å²) in [6.07, 6.45) is 1.40. The Morgan fingerprint density at radius 1 is 1.35 bits per heavy atom. The molecule has 112 valence electrons. The molecule has 2 rings (SSSR count). The van der Waals surface area contributed by atoms with Crippen LogP contribution in [0.1, 0.15) is 25.3 Å². The zero-order chi connectivity index (χ0) is 14.8. The first-order valence-electron chi connectivity index (χ1n) is 6.92. The molecule has 0 radical (unpaired) electrons. The Bertz CT molecular complexity index is 567. The number of hydrogen-bond acceptors (Lipinski definition) is 3. The van der Waals surface area contributed by atoms with Crippen LogP contribution in [-0.4, -0.2) is 33.3 Å². The van der Waals surface area contributed by atoms with Crippen molar-refractivity contribution in [3.05, 3.63) is 29.6 Å². The standard InChI is InChI=1S/C14H21FN2O2S/c1-3-20(18,19)16-12-6-8-17(9-7-12)14-10-11(2)4-5-13(14)15/h4-5,10,12,16H,3,6-9H2,1-2H3. The van der Waals surface area contributed by atoms with Gasteiger partial charge in [-0.1, -0.05) is 6.07 Å². The number of nitrogens with zero attached hydrogens (tertiary/aromatic N) is 1. The van der Waals surface area contributed by atoms with E-state index in [2.05, 4.69) is 4.72 Å². The highest BCUT2D eigenvalue weighted by atomic mass is 32.2. The molecule has 0 aliphatic carbocycles. The van der Waals surface area contributed by atoms with E-state index in [1.165, 1.54) is 6.07 Å². The molecule has 1 aromatic rings. The molecule has 1 fully saturated rings. The Kier molecular flexibility index (Phi) is 4.65. The molecule has 0 spiro atoms. The summed E-state index contributed by atoms with van der Waals surface area (Å²) in [6, 6.07) is 5.03. The Labute approximate surface area is 120 Å². The normalized spacial score (nSPS) is 17.4. The molecule has 0 aromatic heterocycles. The molecule has 1 aliphatic heterocycles. The van der Waals surface area contributed by atoms with Crippen molar-refractivity contribution in [3.63, 3.8) is 0 Å². The number of nitrogens with one attached hydrogen (secondary N) is 1. The van der Waals surface area contributed by atoms with Crippen molar-refractivity contribution in [2.45, 2.75) is 32.7 Å². The molecule has 1 saturated heterocycles. The molecule has 1 N–H and O–H groups in total. The Morgan fingerprint density at radius 2 is 2.00 bits per heavy atom. The number of halogens is 1. The predicted molar refractivity (Wildman–Crippen MR) is 79.0 cm³/mol. The summed E-state index contributed by atoms with van der Waals surface area (Å²) in [6.45, 7) is 4.89. The van der Waals surface area contributed by atoms with Crippen LogP contribution >= 0.6 is 0 Å². The lowest BCUT2D eigenvalue weighted by atomic mass is 10.0. The van der Waals surface area contributed by atoms with E-state index >= 15 is 0 Å². The van der Waals surface area contributed by atoms with Crippen LogP contribution in [0.25, 0.3) is 0 Å². The van der Waals surface area contributed by atoms with Gasteiger partial charge in [0.15, 0.2) is 0 Å². The Balaban J connectivity index is 1.99. The average molecular weight is 300 g/mol. The lowest BCUT2D eigenvalue weighted by Crippen LogP contribution is -2.45. The van der Waals surface area contributed by atoms with Gasteiger partial charge >= 0.3 is 0 Å².